The topological polar surface area (TPSA) is 79.5 Å². The summed E-state index contributed by atoms with van der Waals surface area (Å²) in [6.45, 7) is 1.99. The lowest BCUT2D eigenvalue weighted by atomic mass is 10.1. The van der Waals surface area contributed by atoms with E-state index in [9.17, 15) is 14.0 Å². The minimum Gasteiger partial charge on any atom is -0.421 e. The van der Waals surface area contributed by atoms with Gasteiger partial charge in [0.05, 0.1) is 6.42 Å². The molecule has 1 saturated heterocycles. The van der Waals surface area contributed by atoms with E-state index in [-0.39, 0.29) is 30.5 Å². The molecule has 0 radical (unpaired) electrons. The molecule has 2 aromatic heterocycles. The number of carbonyl (C=O) groups excluding carboxylic acids is 2. The summed E-state index contributed by atoms with van der Waals surface area (Å²) >= 11 is 1.55. The Hall–Kier alpha value is -3.07. The highest BCUT2D eigenvalue weighted by Crippen LogP contribution is 2.21. The van der Waals surface area contributed by atoms with E-state index in [1.807, 2.05) is 16.8 Å². The summed E-state index contributed by atoms with van der Waals surface area (Å²) in [5.41, 5.74) is 1.66. The van der Waals surface area contributed by atoms with Gasteiger partial charge < -0.3 is 14.2 Å². The van der Waals surface area contributed by atoms with Crippen molar-refractivity contribution in [2.45, 2.75) is 19.3 Å². The lowest BCUT2D eigenvalue weighted by molar-refractivity contribution is -0.139. The average molecular weight is 428 g/mol. The van der Waals surface area contributed by atoms with E-state index in [2.05, 4.69) is 10.2 Å². The number of rotatable bonds is 6. The number of piperazine rings is 1. The molecule has 2 amide bonds. The molecule has 1 fully saturated rings. The molecule has 0 atom stereocenters. The van der Waals surface area contributed by atoms with Crippen molar-refractivity contribution < 1.29 is 18.4 Å². The van der Waals surface area contributed by atoms with E-state index in [1.54, 1.807) is 33.3 Å². The van der Waals surface area contributed by atoms with Crippen molar-refractivity contribution in [1.82, 2.24) is 20.0 Å². The molecule has 3 heterocycles. The Morgan fingerprint density at radius 3 is 2.37 bits per heavy atom. The fourth-order valence-corrected chi connectivity index (χ4v) is 3.95. The molecular formula is C21H21FN4O3S. The summed E-state index contributed by atoms with van der Waals surface area (Å²) in [5, 5.41) is 11.9. The van der Waals surface area contributed by atoms with Gasteiger partial charge in [-0.05, 0) is 29.1 Å². The Labute approximate surface area is 177 Å². The quantitative estimate of drug-likeness (QED) is 0.603. The first kappa shape index (κ1) is 20.2. The van der Waals surface area contributed by atoms with Gasteiger partial charge in [-0.2, -0.15) is 11.3 Å². The SMILES string of the molecule is O=C(CCc1nnc(-c2ccsc2)o1)N1CCN(C(=O)Cc2ccc(F)cc2)CC1. The third-order valence-corrected chi connectivity index (χ3v) is 5.72. The summed E-state index contributed by atoms with van der Waals surface area (Å²) in [6.07, 6.45) is 0.909. The smallest absolute Gasteiger partial charge is 0.248 e. The fraction of sp³-hybridized carbons (Fsp3) is 0.333. The highest BCUT2D eigenvalue weighted by molar-refractivity contribution is 7.08. The van der Waals surface area contributed by atoms with Crippen LogP contribution in [0, 0.1) is 5.82 Å². The fourth-order valence-electron chi connectivity index (χ4n) is 3.32. The lowest BCUT2D eigenvalue weighted by Crippen LogP contribution is -2.51. The number of carbonyl (C=O) groups is 2. The van der Waals surface area contributed by atoms with Crippen LogP contribution in [0.1, 0.15) is 17.9 Å². The molecule has 4 rings (SSSR count). The van der Waals surface area contributed by atoms with Crippen LogP contribution < -0.4 is 0 Å². The maximum absolute atomic E-state index is 13.0. The molecule has 7 nitrogen and oxygen atoms in total. The van der Waals surface area contributed by atoms with Crippen LogP contribution in [0.3, 0.4) is 0 Å². The minimum atomic E-state index is -0.318. The number of aromatic nitrogens is 2. The van der Waals surface area contributed by atoms with Gasteiger partial charge in [0.25, 0.3) is 0 Å². The van der Waals surface area contributed by atoms with Gasteiger partial charge in [0.1, 0.15) is 5.82 Å². The van der Waals surface area contributed by atoms with Crippen LogP contribution in [0.25, 0.3) is 11.5 Å². The number of aryl methyl sites for hydroxylation is 1. The second-order valence-electron chi connectivity index (χ2n) is 7.08. The number of hydrogen-bond acceptors (Lipinski definition) is 6. The Morgan fingerprint density at radius 1 is 1.00 bits per heavy atom. The van der Waals surface area contributed by atoms with Crippen molar-refractivity contribution in [2.24, 2.45) is 0 Å². The summed E-state index contributed by atoms with van der Waals surface area (Å²) in [4.78, 5) is 28.5. The number of nitrogens with zero attached hydrogens (tertiary/aromatic N) is 4. The number of amides is 2. The van der Waals surface area contributed by atoms with Crippen molar-refractivity contribution in [3.8, 4) is 11.5 Å². The first-order valence-electron chi connectivity index (χ1n) is 9.73. The third-order valence-electron chi connectivity index (χ3n) is 5.04. The van der Waals surface area contributed by atoms with Crippen molar-refractivity contribution in [1.29, 1.82) is 0 Å². The van der Waals surface area contributed by atoms with E-state index >= 15 is 0 Å². The zero-order chi connectivity index (χ0) is 20.9. The van der Waals surface area contributed by atoms with Crippen LogP contribution in [0.4, 0.5) is 4.39 Å². The molecule has 1 aliphatic rings. The molecule has 0 spiro atoms. The molecule has 156 valence electrons. The molecule has 9 heteroatoms. The zero-order valence-electron chi connectivity index (χ0n) is 16.3. The minimum absolute atomic E-state index is 0.0101. The molecular weight excluding hydrogens is 407 g/mol. The van der Waals surface area contributed by atoms with Gasteiger partial charge in [0, 0.05) is 50.0 Å². The van der Waals surface area contributed by atoms with E-state index in [1.165, 1.54) is 12.1 Å². The largest absolute Gasteiger partial charge is 0.421 e. The summed E-state index contributed by atoms with van der Waals surface area (Å²) in [5.74, 6) is 0.586. The van der Waals surface area contributed by atoms with Crippen LogP contribution in [-0.2, 0) is 22.4 Å². The van der Waals surface area contributed by atoms with Crippen molar-refractivity contribution in [3.05, 3.63) is 58.4 Å². The van der Waals surface area contributed by atoms with Crippen molar-refractivity contribution >= 4 is 23.2 Å². The molecule has 0 bridgehead atoms. The number of thiophene rings is 1. The molecule has 3 aromatic rings. The van der Waals surface area contributed by atoms with Gasteiger partial charge in [-0.15, -0.1) is 10.2 Å². The maximum Gasteiger partial charge on any atom is 0.248 e. The average Bonchev–Trinajstić information content (AvgIpc) is 3.45. The third kappa shape index (κ3) is 4.91. The van der Waals surface area contributed by atoms with Gasteiger partial charge in [-0.1, -0.05) is 12.1 Å². The molecule has 0 saturated carbocycles. The van der Waals surface area contributed by atoms with Gasteiger partial charge in [-0.3, -0.25) is 9.59 Å². The Balaban J connectivity index is 1.22. The zero-order valence-corrected chi connectivity index (χ0v) is 17.1. The molecule has 0 N–H and O–H groups in total. The van der Waals surface area contributed by atoms with E-state index in [0.29, 0.717) is 44.4 Å². The monoisotopic (exact) mass is 428 g/mol. The van der Waals surface area contributed by atoms with Crippen molar-refractivity contribution in [2.75, 3.05) is 26.2 Å². The predicted molar refractivity (Wildman–Crippen MR) is 109 cm³/mol. The van der Waals surface area contributed by atoms with Crippen LogP contribution >= 0.6 is 11.3 Å². The summed E-state index contributed by atoms with van der Waals surface area (Å²) in [7, 11) is 0. The predicted octanol–water partition coefficient (Wildman–Crippen LogP) is 2.78. The van der Waals surface area contributed by atoms with Gasteiger partial charge in [0.15, 0.2) is 0 Å². The molecule has 0 unspecified atom stereocenters. The standard InChI is InChI=1S/C21H21FN4O3S/c22-17-3-1-15(2-4-17)13-20(28)26-10-8-25(9-11-26)19(27)6-5-18-23-24-21(29-18)16-7-12-30-14-16/h1-4,7,12,14H,5-6,8-11,13H2. The van der Waals surface area contributed by atoms with Crippen LogP contribution in [0.2, 0.25) is 0 Å². The van der Waals surface area contributed by atoms with Crippen molar-refractivity contribution in [3.63, 3.8) is 0 Å². The first-order valence-corrected chi connectivity index (χ1v) is 10.7. The normalized spacial score (nSPS) is 14.2. The number of halogens is 1. The van der Waals surface area contributed by atoms with Gasteiger partial charge >= 0.3 is 0 Å². The van der Waals surface area contributed by atoms with Crippen LogP contribution in [-0.4, -0.2) is 58.0 Å². The summed E-state index contributed by atoms with van der Waals surface area (Å²) in [6, 6.07) is 7.85. The Bertz CT molecular complexity index is 996. The second kappa shape index (κ2) is 9.17. The van der Waals surface area contributed by atoms with E-state index < -0.39 is 0 Å². The molecule has 1 aromatic carbocycles. The van der Waals surface area contributed by atoms with Gasteiger partial charge in [-0.25, -0.2) is 4.39 Å². The lowest BCUT2D eigenvalue weighted by Gasteiger charge is -2.35. The number of benzene rings is 1. The van der Waals surface area contributed by atoms with Gasteiger partial charge in [0.2, 0.25) is 23.6 Å². The highest BCUT2D eigenvalue weighted by Gasteiger charge is 2.24. The molecule has 1 aliphatic heterocycles. The maximum atomic E-state index is 13.0. The Kier molecular flexibility index (Phi) is 6.18. The van der Waals surface area contributed by atoms with E-state index in [0.717, 1.165) is 11.1 Å². The van der Waals surface area contributed by atoms with Crippen LogP contribution in [0.15, 0.2) is 45.5 Å². The first-order chi connectivity index (χ1) is 14.6. The molecule has 30 heavy (non-hydrogen) atoms. The van der Waals surface area contributed by atoms with E-state index in [4.69, 9.17) is 4.42 Å². The number of hydrogen-bond donors (Lipinski definition) is 0. The highest BCUT2D eigenvalue weighted by atomic mass is 32.1. The Morgan fingerprint density at radius 2 is 1.70 bits per heavy atom. The summed E-state index contributed by atoms with van der Waals surface area (Å²) < 4.78 is 18.6. The molecule has 0 aliphatic carbocycles. The second-order valence-corrected chi connectivity index (χ2v) is 7.86. The van der Waals surface area contributed by atoms with Crippen LogP contribution in [0.5, 0.6) is 0 Å².